The van der Waals surface area contributed by atoms with Gasteiger partial charge < -0.3 is 5.32 Å². The van der Waals surface area contributed by atoms with E-state index >= 15 is 0 Å². The van der Waals surface area contributed by atoms with Gasteiger partial charge in [-0.1, -0.05) is 46.8 Å². The molecule has 0 aliphatic carbocycles. The molecule has 0 saturated heterocycles. The Balaban J connectivity index is 2.36. The van der Waals surface area contributed by atoms with E-state index in [-0.39, 0.29) is 0 Å². The minimum absolute atomic E-state index is 0.439. The molecular weight excluding hydrogens is 238 g/mol. The molecule has 0 fully saturated rings. The van der Waals surface area contributed by atoms with E-state index < -0.39 is 0 Å². The van der Waals surface area contributed by atoms with Gasteiger partial charge in [-0.25, -0.2) is 0 Å². The highest BCUT2D eigenvalue weighted by Crippen LogP contribution is 2.25. The molecule has 0 atom stereocenters. The van der Waals surface area contributed by atoms with Crippen molar-refractivity contribution < 1.29 is 0 Å². The fourth-order valence-electron chi connectivity index (χ4n) is 1.50. The summed E-state index contributed by atoms with van der Waals surface area (Å²) in [5.74, 6) is 1.20. The van der Waals surface area contributed by atoms with Crippen LogP contribution in [0.5, 0.6) is 0 Å². The molecule has 1 aromatic carbocycles. The van der Waals surface area contributed by atoms with Gasteiger partial charge in [0.25, 0.3) is 0 Å². The molecule has 0 aromatic heterocycles. The van der Waals surface area contributed by atoms with E-state index in [1.807, 2.05) is 11.8 Å². The maximum atomic E-state index is 3.44. The van der Waals surface area contributed by atoms with Crippen LogP contribution in [0, 0.1) is 5.41 Å². The normalized spacial score (nSPS) is 12.1. The fourth-order valence-corrected chi connectivity index (χ4v) is 2.78. The first kappa shape index (κ1) is 15.6. The summed E-state index contributed by atoms with van der Waals surface area (Å²) < 4.78 is 0. The largest absolute Gasteiger partial charge is 0.310 e. The van der Waals surface area contributed by atoms with Gasteiger partial charge in [-0.15, -0.1) is 11.8 Å². The lowest BCUT2D eigenvalue weighted by atomic mass is 9.94. The van der Waals surface area contributed by atoms with Crippen molar-refractivity contribution >= 4 is 11.8 Å². The zero-order chi connectivity index (χ0) is 13.6. The summed E-state index contributed by atoms with van der Waals surface area (Å²) in [6, 6.07) is 9.49. The number of hydrogen-bond acceptors (Lipinski definition) is 2. The van der Waals surface area contributed by atoms with E-state index in [0.717, 1.165) is 6.54 Å². The number of nitrogens with one attached hydrogen (secondary N) is 1. The summed E-state index contributed by atoms with van der Waals surface area (Å²) in [6.45, 7) is 12.2. The van der Waals surface area contributed by atoms with Crippen molar-refractivity contribution in [2.75, 3.05) is 5.75 Å². The Morgan fingerprint density at radius 2 is 1.72 bits per heavy atom. The Kier molecular flexibility index (Phi) is 6.24. The zero-order valence-electron chi connectivity index (χ0n) is 12.4. The Bertz CT molecular complexity index is 335. The van der Waals surface area contributed by atoms with Crippen LogP contribution in [0.3, 0.4) is 0 Å². The third-order valence-electron chi connectivity index (χ3n) is 2.76. The van der Waals surface area contributed by atoms with E-state index in [1.54, 1.807) is 0 Å². The van der Waals surface area contributed by atoms with Crippen LogP contribution >= 0.6 is 11.8 Å². The minimum Gasteiger partial charge on any atom is -0.310 e. The highest BCUT2D eigenvalue weighted by atomic mass is 32.2. The average molecular weight is 265 g/mol. The first-order valence-corrected chi connectivity index (χ1v) is 7.80. The topological polar surface area (TPSA) is 12.0 Å². The second kappa shape index (κ2) is 7.20. The third-order valence-corrected chi connectivity index (χ3v) is 3.77. The molecule has 0 saturated carbocycles. The maximum absolute atomic E-state index is 3.44. The van der Waals surface area contributed by atoms with Crippen molar-refractivity contribution in [3.8, 4) is 0 Å². The molecule has 0 aliphatic heterocycles. The summed E-state index contributed by atoms with van der Waals surface area (Å²) >= 11 is 1.96. The second-order valence-electron chi connectivity index (χ2n) is 6.34. The third kappa shape index (κ3) is 7.07. The Labute approximate surface area is 117 Å². The van der Waals surface area contributed by atoms with Crippen molar-refractivity contribution in [3.63, 3.8) is 0 Å². The molecule has 1 aromatic rings. The lowest BCUT2D eigenvalue weighted by Crippen LogP contribution is -2.21. The molecular formula is C16H27NS. The van der Waals surface area contributed by atoms with E-state index in [4.69, 9.17) is 0 Å². The van der Waals surface area contributed by atoms with Crippen LogP contribution in [0.1, 0.15) is 46.6 Å². The molecule has 2 heteroatoms. The van der Waals surface area contributed by atoms with Gasteiger partial charge in [0.15, 0.2) is 0 Å². The highest BCUT2D eigenvalue weighted by Gasteiger charge is 2.09. The van der Waals surface area contributed by atoms with Crippen LogP contribution in [-0.2, 0) is 6.54 Å². The van der Waals surface area contributed by atoms with Crippen molar-refractivity contribution in [3.05, 3.63) is 29.8 Å². The molecule has 1 rings (SSSR count). The quantitative estimate of drug-likeness (QED) is 0.747. The number of hydrogen-bond donors (Lipinski definition) is 1. The first-order valence-electron chi connectivity index (χ1n) is 6.82. The zero-order valence-corrected chi connectivity index (χ0v) is 13.2. The summed E-state index contributed by atoms with van der Waals surface area (Å²) in [5.41, 5.74) is 1.80. The van der Waals surface area contributed by atoms with Gasteiger partial charge in [-0.2, -0.15) is 0 Å². The number of thioether (sulfide) groups is 1. The predicted molar refractivity (Wildman–Crippen MR) is 83.2 cm³/mol. The molecule has 1 nitrogen and oxygen atoms in total. The van der Waals surface area contributed by atoms with Gasteiger partial charge in [0, 0.05) is 17.5 Å². The fraction of sp³-hybridized carbons (Fsp3) is 0.625. The van der Waals surface area contributed by atoms with E-state index in [2.05, 4.69) is 64.2 Å². The van der Waals surface area contributed by atoms with Crippen LogP contribution in [0.15, 0.2) is 29.2 Å². The van der Waals surface area contributed by atoms with Gasteiger partial charge in [0.05, 0.1) is 0 Å². The summed E-state index contributed by atoms with van der Waals surface area (Å²) in [4.78, 5) is 1.38. The van der Waals surface area contributed by atoms with Crippen LogP contribution in [0.2, 0.25) is 0 Å². The van der Waals surface area contributed by atoms with Crippen molar-refractivity contribution in [2.24, 2.45) is 5.41 Å². The van der Waals surface area contributed by atoms with Crippen molar-refractivity contribution in [1.82, 2.24) is 5.32 Å². The van der Waals surface area contributed by atoms with Gasteiger partial charge in [0.2, 0.25) is 0 Å². The Morgan fingerprint density at radius 3 is 2.22 bits per heavy atom. The monoisotopic (exact) mass is 265 g/mol. The SMILES string of the molecule is CC(C)NCc1ccc(SCCC(C)(C)C)cc1. The molecule has 0 aliphatic rings. The smallest absolute Gasteiger partial charge is 0.0207 e. The molecule has 102 valence electrons. The van der Waals surface area contributed by atoms with E-state index in [9.17, 15) is 0 Å². The predicted octanol–water partition coefficient (Wildman–Crippen LogP) is 4.71. The maximum Gasteiger partial charge on any atom is 0.0207 e. The van der Waals surface area contributed by atoms with Gasteiger partial charge in [-0.3, -0.25) is 0 Å². The van der Waals surface area contributed by atoms with Crippen LogP contribution < -0.4 is 5.32 Å². The van der Waals surface area contributed by atoms with Gasteiger partial charge in [0.1, 0.15) is 0 Å². The molecule has 18 heavy (non-hydrogen) atoms. The van der Waals surface area contributed by atoms with Crippen molar-refractivity contribution in [1.29, 1.82) is 0 Å². The van der Waals surface area contributed by atoms with E-state index in [1.165, 1.54) is 22.6 Å². The molecule has 0 amide bonds. The molecule has 0 unspecified atom stereocenters. The minimum atomic E-state index is 0.439. The van der Waals surface area contributed by atoms with Crippen LogP contribution in [0.4, 0.5) is 0 Å². The molecule has 0 radical (unpaired) electrons. The summed E-state index contributed by atoms with van der Waals surface area (Å²) in [7, 11) is 0. The standard InChI is InChI=1S/C16H27NS/c1-13(2)17-12-14-6-8-15(9-7-14)18-11-10-16(3,4)5/h6-9,13,17H,10-12H2,1-5H3. The number of rotatable bonds is 6. The summed E-state index contributed by atoms with van der Waals surface area (Å²) in [6.07, 6.45) is 1.26. The molecule has 0 heterocycles. The summed E-state index contributed by atoms with van der Waals surface area (Å²) in [5, 5.41) is 3.44. The molecule has 1 N–H and O–H groups in total. The Morgan fingerprint density at radius 1 is 1.11 bits per heavy atom. The van der Waals surface area contributed by atoms with Crippen LogP contribution in [-0.4, -0.2) is 11.8 Å². The first-order chi connectivity index (χ1) is 8.37. The lowest BCUT2D eigenvalue weighted by molar-refractivity contribution is 0.401. The van der Waals surface area contributed by atoms with Gasteiger partial charge >= 0.3 is 0 Å². The molecule has 0 bridgehead atoms. The Hall–Kier alpha value is -0.470. The number of benzene rings is 1. The van der Waals surface area contributed by atoms with Crippen molar-refractivity contribution in [2.45, 2.75) is 58.5 Å². The van der Waals surface area contributed by atoms with Crippen LogP contribution in [0.25, 0.3) is 0 Å². The van der Waals surface area contributed by atoms with Gasteiger partial charge in [-0.05, 0) is 35.3 Å². The lowest BCUT2D eigenvalue weighted by Gasteiger charge is -2.17. The second-order valence-corrected chi connectivity index (χ2v) is 7.51. The van der Waals surface area contributed by atoms with E-state index in [0.29, 0.717) is 11.5 Å². The average Bonchev–Trinajstić information content (AvgIpc) is 2.26. The molecule has 0 spiro atoms. The highest BCUT2D eigenvalue weighted by molar-refractivity contribution is 7.99.